The van der Waals surface area contributed by atoms with Crippen LogP contribution in [0.15, 0.2) is 46.6 Å². The molecule has 2 heterocycles. The van der Waals surface area contributed by atoms with Gasteiger partial charge in [-0.3, -0.25) is 4.98 Å². The van der Waals surface area contributed by atoms with Crippen LogP contribution in [0.5, 0.6) is 0 Å². The largest absolute Gasteiger partial charge is 0.411 e. The van der Waals surface area contributed by atoms with Gasteiger partial charge >= 0.3 is 6.18 Å². The molecule has 11 heteroatoms. The van der Waals surface area contributed by atoms with E-state index >= 15 is 0 Å². The molecule has 0 saturated carbocycles. The molecule has 1 aromatic carbocycles. The second-order valence-corrected chi connectivity index (χ2v) is 9.07. The molecule has 2 aromatic heterocycles. The van der Waals surface area contributed by atoms with Crippen LogP contribution >= 0.6 is 23.5 Å². The van der Waals surface area contributed by atoms with Crippen LogP contribution in [0.3, 0.4) is 0 Å². The smallest absolute Gasteiger partial charge is 0.378 e. The summed E-state index contributed by atoms with van der Waals surface area (Å²) in [6.07, 6.45) is -2.48. The molecule has 0 atom stereocenters. The molecule has 6 nitrogen and oxygen atoms in total. The van der Waals surface area contributed by atoms with Gasteiger partial charge in [-0.1, -0.05) is 23.9 Å². The molecule has 33 heavy (non-hydrogen) atoms. The van der Waals surface area contributed by atoms with Gasteiger partial charge in [0.25, 0.3) is 0 Å². The lowest BCUT2D eigenvalue weighted by molar-refractivity contribution is -0.176. The Labute approximate surface area is 199 Å². The summed E-state index contributed by atoms with van der Waals surface area (Å²) < 4.78 is 50.9. The summed E-state index contributed by atoms with van der Waals surface area (Å²) in [5.41, 5.74) is 4.14. The first-order valence-electron chi connectivity index (χ1n) is 10.4. The van der Waals surface area contributed by atoms with Crippen LogP contribution in [-0.2, 0) is 20.0 Å². The SMILES string of the molecule is Cc1c(SCCOCCOCCOCC(F)(F)F)ccnc1CSc1nc2ccccc2[nH]1. The average Bonchev–Trinajstić information content (AvgIpc) is 3.20. The van der Waals surface area contributed by atoms with Crippen molar-refractivity contribution < 1.29 is 27.4 Å². The van der Waals surface area contributed by atoms with Crippen LogP contribution < -0.4 is 0 Å². The van der Waals surface area contributed by atoms with E-state index in [1.165, 1.54) is 0 Å². The van der Waals surface area contributed by atoms with Crippen LogP contribution in [-0.4, -0.2) is 66.5 Å². The fourth-order valence-corrected chi connectivity index (χ4v) is 4.66. The summed E-state index contributed by atoms with van der Waals surface area (Å²) in [6, 6.07) is 9.94. The topological polar surface area (TPSA) is 69.3 Å². The number of aromatic amines is 1. The fourth-order valence-electron chi connectivity index (χ4n) is 2.83. The highest BCUT2D eigenvalue weighted by molar-refractivity contribution is 7.99. The van der Waals surface area contributed by atoms with E-state index in [0.29, 0.717) is 19.8 Å². The van der Waals surface area contributed by atoms with E-state index in [2.05, 4.69) is 26.6 Å². The Bertz CT molecular complexity index is 969. The maximum atomic E-state index is 11.9. The lowest BCUT2D eigenvalue weighted by Crippen LogP contribution is -2.19. The van der Waals surface area contributed by atoms with Gasteiger partial charge in [-0.2, -0.15) is 13.2 Å². The molecule has 1 N–H and O–H groups in total. The van der Waals surface area contributed by atoms with Crippen molar-refractivity contribution in [1.82, 2.24) is 15.0 Å². The first-order valence-corrected chi connectivity index (χ1v) is 12.3. The number of thioether (sulfide) groups is 2. The second kappa shape index (κ2) is 13.2. The predicted octanol–water partition coefficient (Wildman–Crippen LogP) is 5.26. The highest BCUT2D eigenvalue weighted by atomic mass is 32.2. The van der Waals surface area contributed by atoms with Crippen molar-refractivity contribution in [2.24, 2.45) is 0 Å². The average molecular weight is 502 g/mol. The number of rotatable bonds is 14. The number of hydrogen-bond donors (Lipinski definition) is 1. The first-order chi connectivity index (χ1) is 15.9. The van der Waals surface area contributed by atoms with Gasteiger partial charge in [-0.05, 0) is 30.7 Å². The van der Waals surface area contributed by atoms with Crippen molar-refractivity contribution in [2.45, 2.75) is 28.9 Å². The molecular weight excluding hydrogens is 475 g/mol. The van der Waals surface area contributed by atoms with Crippen LogP contribution in [0, 0.1) is 6.92 Å². The second-order valence-electron chi connectivity index (χ2n) is 6.97. The normalized spacial score (nSPS) is 12.0. The summed E-state index contributed by atoms with van der Waals surface area (Å²) in [5.74, 6) is 1.50. The predicted molar refractivity (Wildman–Crippen MR) is 124 cm³/mol. The van der Waals surface area contributed by atoms with Gasteiger partial charge in [0.1, 0.15) is 6.61 Å². The van der Waals surface area contributed by atoms with Gasteiger partial charge < -0.3 is 19.2 Å². The van der Waals surface area contributed by atoms with E-state index in [4.69, 9.17) is 9.47 Å². The Kier molecular flexibility index (Phi) is 10.3. The van der Waals surface area contributed by atoms with Crippen molar-refractivity contribution in [3.8, 4) is 0 Å². The molecule has 0 amide bonds. The molecule has 0 bridgehead atoms. The number of imidazole rings is 1. The number of ether oxygens (including phenoxy) is 3. The number of halogens is 3. The molecule has 0 saturated heterocycles. The van der Waals surface area contributed by atoms with Gasteiger partial charge in [0.15, 0.2) is 5.16 Å². The molecule has 0 spiro atoms. The van der Waals surface area contributed by atoms with Crippen LogP contribution in [0.4, 0.5) is 13.2 Å². The number of aromatic nitrogens is 3. The number of fused-ring (bicyclic) bond motifs is 1. The summed E-state index contributed by atoms with van der Waals surface area (Å²) in [7, 11) is 0. The molecular formula is C22H26F3N3O3S2. The summed E-state index contributed by atoms with van der Waals surface area (Å²) >= 11 is 3.32. The maximum Gasteiger partial charge on any atom is 0.411 e. The van der Waals surface area contributed by atoms with Gasteiger partial charge in [0, 0.05) is 22.6 Å². The highest BCUT2D eigenvalue weighted by Crippen LogP contribution is 2.28. The minimum absolute atomic E-state index is 0.0896. The number of nitrogens with zero attached hydrogens (tertiary/aromatic N) is 2. The van der Waals surface area contributed by atoms with E-state index in [9.17, 15) is 13.2 Å². The zero-order valence-corrected chi connectivity index (χ0v) is 19.8. The van der Waals surface area contributed by atoms with E-state index in [1.54, 1.807) is 23.5 Å². The Morgan fingerprint density at radius 2 is 1.67 bits per heavy atom. The molecule has 180 valence electrons. The van der Waals surface area contributed by atoms with Gasteiger partial charge in [0.05, 0.1) is 49.8 Å². The number of benzene rings is 1. The van der Waals surface area contributed by atoms with Gasteiger partial charge in [-0.25, -0.2) is 4.98 Å². The number of nitrogens with one attached hydrogen (secondary N) is 1. The van der Waals surface area contributed by atoms with E-state index in [1.807, 2.05) is 36.5 Å². The van der Waals surface area contributed by atoms with Gasteiger partial charge in [-0.15, -0.1) is 11.8 Å². The number of pyridine rings is 1. The quantitative estimate of drug-likeness (QED) is 0.239. The first kappa shape index (κ1) is 25.8. The molecule has 0 aliphatic rings. The Hall–Kier alpha value is -1.79. The molecule has 0 fully saturated rings. The molecule has 3 rings (SSSR count). The lowest BCUT2D eigenvalue weighted by atomic mass is 10.2. The van der Waals surface area contributed by atoms with E-state index in [-0.39, 0.29) is 13.2 Å². The third-order valence-corrected chi connectivity index (χ3v) is 6.48. The van der Waals surface area contributed by atoms with E-state index < -0.39 is 12.8 Å². The van der Waals surface area contributed by atoms with Crippen molar-refractivity contribution in [1.29, 1.82) is 0 Å². The van der Waals surface area contributed by atoms with E-state index in [0.717, 1.165) is 43.8 Å². The zero-order valence-electron chi connectivity index (χ0n) is 18.2. The van der Waals surface area contributed by atoms with Crippen molar-refractivity contribution in [3.63, 3.8) is 0 Å². The zero-order chi connectivity index (χ0) is 23.5. The summed E-state index contributed by atoms with van der Waals surface area (Å²) in [6.45, 7) is 2.08. The van der Waals surface area contributed by atoms with Crippen LogP contribution in [0.25, 0.3) is 11.0 Å². The minimum atomic E-state index is -4.30. The third kappa shape index (κ3) is 9.17. The van der Waals surface area contributed by atoms with Gasteiger partial charge in [0.2, 0.25) is 0 Å². The molecule has 0 radical (unpaired) electrons. The standard InChI is InChI=1S/C22H26F3N3O3S2/c1-16-19(14-33-21-27-17-4-2-3-5-18(17)28-21)26-7-6-20(16)32-13-12-30-9-8-29-10-11-31-15-22(23,24)25/h2-7H,8-15H2,1H3,(H,27,28). The lowest BCUT2D eigenvalue weighted by Gasteiger charge is -2.10. The Morgan fingerprint density at radius 1 is 0.939 bits per heavy atom. The molecule has 0 aliphatic heterocycles. The van der Waals surface area contributed by atoms with Crippen LogP contribution in [0.1, 0.15) is 11.3 Å². The monoisotopic (exact) mass is 501 g/mol. The molecule has 0 aliphatic carbocycles. The third-order valence-electron chi connectivity index (χ3n) is 4.47. The summed E-state index contributed by atoms with van der Waals surface area (Å²) in [5, 5.41) is 0.873. The van der Waals surface area contributed by atoms with Crippen LogP contribution in [0.2, 0.25) is 0 Å². The summed E-state index contributed by atoms with van der Waals surface area (Å²) in [4.78, 5) is 13.6. The molecule has 3 aromatic rings. The Morgan fingerprint density at radius 3 is 2.42 bits per heavy atom. The Balaban J connectivity index is 1.30. The highest BCUT2D eigenvalue weighted by Gasteiger charge is 2.27. The van der Waals surface area contributed by atoms with Crippen molar-refractivity contribution in [3.05, 3.63) is 47.8 Å². The maximum absolute atomic E-state index is 11.9. The molecule has 0 unspecified atom stereocenters. The number of para-hydroxylation sites is 2. The number of H-pyrrole nitrogens is 1. The fraction of sp³-hybridized carbons (Fsp3) is 0.455. The number of hydrogen-bond acceptors (Lipinski definition) is 7. The number of alkyl halides is 3. The van der Waals surface area contributed by atoms with Crippen molar-refractivity contribution >= 4 is 34.6 Å². The van der Waals surface area contributed by atoms with Crippen molar-refractivity contribution in [2.75, 3.05) is 45.4 Å². The minimum Gasteiger partial charge on any atom is -0.378 e.